The number of aryl methyl sites for hydroxylation is 1. The molecule has 1 amide bonds. The highest BCUT2D eigenvalue weighted by atomic mass is 16.5. The van der Waals surface area contributed by atoms with Gasteiger partial charge in [-0.2, -0.15) is 4.98 Å². The van der Waals surface area contributed by atoms with Crippen molar-refractivity contribution in [2.45, 2.75) is 26.4 Å². The van der Waals surface area contributed by atoms with E-state index in [4.69, 9.17) is 14.7 Å². The summed E-state index contributed by atoms with van der Waals surface area (Å²) in [6.45, 7) is 3.70. The number of aromatic nitrogens is 2. The summed E-state index contributed by atoms with van der Waals surface area (Å²) in [5.41, 5.74) is 4.66. The van der Waals surface area contributed by atoms with Crippen molar-refractivity contribution in [3.8, 4) is 11.6 Å². The zero-order valence-electron chi connectivity index (χ0n) is 20.0. The van der Waals surface area contributed by atoms with E-state index in [1.165, 1.54) is 5.56 Å². The molecule has 0 saturated carbocycles. The lowest BCUT2D eigenvalue weighted by molar-refractivity contribution is 0.0732. The standard InChI is InChI=1S/C29H28N4O2/c1-21-11-9-10-16-26(21)35-27-24-20-33(28(34)23-14-7-4-8-15-23)18-17-25(24)30-29(31-27)32(2)19-22-12-5-3-6-13-22/h3-16H,17-20H2,1-2H3. The van der Waals surface area contributed by atoms with Crippen molar-refractivity contribution >= 4 is 11.9 Å². The van der Waals surface area contributed by atoms with Crippen LogP contribution in [0.1, 0.15) is 32.7 Å². The zero-order valence-corrected chi connectivity index (χ0v) is 20.0. The Kier molecular flexibility index (Phi) is 6.44. The molecule has 0 fully saturated rings. The zero-order chi connectivity index (χ0) is 24.2. The summed E-state index contributed by atoms with van der Waals surface area (Å²) < 4.78 is 6.37. The lowest BCUT2D eigenvalue weighted by Crippen LogP contribution is -2.37. The van der Waals surface area contributed by atoms with Gasteiger partial charge >= 0.3 is 0 Å². The molecule has 0 bridgehead atoms. The van der Waals surface area contributed by atoms with E-state index in [0.717, 1.165) is 22.6 Å². The van der Waals surface area contributed by atoms with Gasteiger partial charge in [0.25, 0.3) is 5.91 Å². The number of para-hydroxylation sites is 1. The minimum Gasteiger partial charge on any atom is -0.438 e. The van der Waals surface area contributed by atoms with Crippen molar-refractivity contribution in [2.24, 2.45) is 0 Å². The molecule has 6 nitrogen and oxygen atoms in total. The summed E-state index contributed by atoms with van der Waals surface area (Å²) in [6, 6.07) is 27.5. The maximum Gasteiger partial charge on any atom is 0.254 e. The maximum atomic E-state index is 13.1. The molecule has 0 spiro atoms. The molecule has 1 aliphatic heterocycles. The lowest BCUT2D eigenvalue weighted by atomic mass is 10.1. The SMILES string of the molecule is Cc1ccccc1Oc1nc(N(C)Cc2ccccc2)nc2c1CN(C(=O)c1ccccc1)CC2. The normalized spacial score (nSPS) is 12.7. The van der Waals surface area contributed by atoms with Gasteiger partial charge in [0.15, 0.2) is 0 Å². The summed E-state index contributed by atoms with van der Waals surface area (Å²) in [7, 11) is 1.99. The second kappa shape index (κ2) is 9.97. The molecule has 0 unspecified atom stereocenters. The highest BCUT2D eigenvalue weighted by Gasteiger charge is 2.28. The Bertz CT molecular complexity index is 1330. The summed E-state index contributed by atoms with van der Waals surface area (Å²) >= 11 is 0. The van der Waals surface area contributed by atoms with E-state index in [1.54, 1.807) is 0 Å². The Hall–Kier alpha value is -4.19. The molecule has 0 aliphatic carbocycles. The van der Waals surface area contributed by atoms with Crippen molar-refractivity contribution in [3.05, 3.63) is 113 Å². The summed E-state index contributed by atoms with van der Waals surface area (Å²) in [5.74, 6) is 1.86. The van der Waals surface area contributed by atoms with Crippen LogP contribution in [0.2, 0.25) is 0 Å². The number of hydrogen-bond donors (Lipinski definition) is 0. The molecule has 1 aliphatic rings. The molecule has 35 heavy (non-hydrogen) atoms. The summed E-state index contributed by atoms with van der Waals surface area (Å²) in [5, 5.41) is 0. The molecule has 5 rings (SSSR count). The molecule has 0 saturated heterocycles. The van der Waals surface area contributed by atoms with Gasteiger partial charge in [-0.1, -0.05) is 66.7 Å². The van der Waals surface area contributed by atoms with Crippen LogP contribution in [0.15, 0.2) is 84.9 Å². The van der Waals surface area contributed by atoms with Gasteiger partial charge in [-0.15, -0.1) is 0 Å². The van der Waals surface area contributed by atoms with Crippen molar-refractivity contribution in [3.63, 3.8) is 0 Å². The number of ether oxygens (including phenoxy) is 1. The van der Waals surface area contributed by atoms with E-state index >= 15 is 0 Å². The van der Waals surface area contributed by atoms with Crippen LogP contribution in [0.4, 0.5) is 5.95 Å². The third-order valence-electron chi connectivity index (χ3n) is 6.22. The number of anilines is 1. The van der Waals surface area contributed by atoms with E-state index in [2.05, 4.69) is 12.1 Å². The Morgan fingerprint density at radius 3 is 2.37 bits per heavy atom. The molecule has 0 N–H and O–H groups in total. The molecule has 0 radical (unpaired) electrons. The number of rotatable bonds is 6. The fourth-order valence-corrected chi connectivity index (χ4v) is 4.27. The van der Waals surface area contributed by atoms with Crippen LogP contribution >= 0.6 is 0 Å². The predicted molar refractivity (Wildman–Crippen MR) is 137 cm³/mol. The van der Waals surface area contributed by atoms with Gasteiger partial charge in [0, 0.05) is 32.1 Å². The minimum absolute atomic E-state index is 0.00311. The average Bonchev–Trinajstić information content (AvgIpc) is 2.90. The van der Waals surface area contributed by atoms with Gasteiger partial charge in [0.2, 0.25) is 11.8 Å². The van der Waals surface area contributed by atoms with E-state index in [1.807, 2.05) is 96.6 Å². The molecular weight excluding hydrogens is 436 g/mol. The van der Waals surface area contributed by atoms with E-state index in [9.17, 15) is 4.79 Å². The van der Waals surface area contributed by atoms with Crippen LogP contribution in [0.3, 0.4) is 0 Å². The van der Waals surface area contributed by atoms with Crippen molar-refractivity contribution in [1.82, 2.24) is 14.9 Å². The predicted octanol–water partition coefficient (Wildman–Crippen LogP) is 5.41. The first-order chi connectivity index (χ1) is 17.1. The molecule has 4 aromatic rings. The third-order valence-corrected chi connectivity index (χ3v) is 6.22. The maximum absolute atomic E-state index is 13.1. The first-order valence-corrected chi connectivity index (χ1v) is 11.8. The molecule has 6 heteroatoms. The Balaban J connectivity index is 1.49. The number of benzene rings is 3. The van der Waals surface area contributed by atoms with Crippen molar-refractivity contribution in [2.75, 3.05) is 18.5 Å². The summed E-state index contributed by atoms with van der Waals surface area (Å²) in [6.07, 6.45) is 0.646. The first kappa shape index (κ1) is 22.6. The largest absolute Gasteiger partial charge is 0.438 e. The van der Waals surface area contributed by atoms with Crippen LogP contribution in [0.25, 0.3) is 0 Å². The Labute approximate surface area is 205 Å². The Morgan fingerprint density at radius 2 is 1.63 bits per heavy atom. The lowest BCUT2D eigenvalue weighted by Gasteiger charge is -2.30. The molecule has 1 aromatic heterocycles. The van der Waals surface area contributed by atoms with Gasteiger partial charge in [0.1, 0.15) is 5.75 Å². The van der Waals surface area contributed by atoms with Crippen LogP contribution < -0.4 is 9.64 Å². The first-order valence-electron chi connectivity index (χ1n) is 11.8. The van der Waals surface area contributed by atoms with E-state index in [-0.39, 0.29) is 5.91 Å². The molecule has 3 aromatic carbocycles. The second-order valence-electron chi connectivity index (χ2n) is 8.81. The quantitative estimate of drug-likeness (QED) is 0.382. The van der Waals surface area contributed by atoms with E-state index in [0.29, 0.717) is 43.4 Å². The number of nitrogens with zero attached hydrogens (tertiary/aromatic N) is 4. The number of carbonyl (C=O) groups is 1. The number of amides is 1. The Morgan fingerprint density at radius 1 is 0.943 bits per heavy atom. The molecule has 176 valence electrons. The van der Waals surface area contributed by atoms with Crippen LogP contribution in [-0.2, 0) is 19.5 Å². The fraction of sp³-hybridized carbons (Fsp3) is 0.207. The summed E-state index contributed by atoms with van der Waals surface area (Å²) in [4.78, 5) is 26.8. The van der Waals surface area contributed by atoms with Gasteiger partial charge in [-0.05, 0) is 36.2 Å². The van der Waals surface area contributed by atoms with Gasteiger partial charge in [-0.25, -0.2) is 4.98 Å². The highest BCUT2D eigenvalue weighted by Crippen LogP contribution is 2.33. The van der Waals surface area contributed by atoms with Crippen LogP contribution in [-0.4, -0.2) is 34.4 Å². The van der Waals surface area contributed by atoms with Crippen LogP contribution in [0, 0.1) is 6.92 Å². The molecular formula is C29H28N4O2. The monoisotopic (exact) mass is 464 g/mol. The highest BCUT2D eigenvalue weighted by molar-refractivity contribution is 5.94. The number of carbonyl (C=O) groups excluding carboxylic acids is 1. The topological polar surface area (TPSA) is 58.6 Å². The van der Waals surface area contributed by atoms with Crippen molar-refractivity contribution < 1.29 is 9.53 Å². The van der Waals surface area contributed by atoms with Crippen molar-refractivity contribution in [1.29, 1.82) is 0 Å². The third kappa shape index (κ3) is 5.01. The fourth-order valence-electron chi connectivity index (χ4n) is 4.27. The van der Waals surface area contributed by atoms with Gasteiger partial charge in [0.05, 0.1) is 17.8 Å². The van der Waals surface area contributed by atoms with Gasteiger partial charge in [-0.3, -0.25) is 4.79 Å². The average molecular weight is 465 g/mol. The smallest absolute Gasteiger partial charge is 0.254 e. The van der Waals surface area contributed by atoms with E-state index < -0.39 is 0 Å². The number of fused-ring (bicyclic) bond motifs is 1. The van der Waals surface area contributed by atoms with Crippen LogP contribution in [0.5, 0.6) is 11.6 Å². The molecule has 2 heterocycles. The second-order valence-corrected chi connectivity index (χ2v) is 8.81. The number of hydrogen-bond acceptors (Lipinski definition) is 5. The molecule has 0 atom stereocenters. The minimum atomic E-state index is 0.00311. The van der Waals surface area contributed by atoms with Gasteiger partial charge < -0.3 is 14.5 Å².